The van der Waals surface area contributed by atoms with Gasteiger partial charge < -0.3 is 24.7 Å². The Labute approximate surface area is 207 Å². The van der Waals surface area contributed by atoms with E-state index in [0.29, 0.717) is 51.2 Å². The molecule has 0 saturated carbocycles. The second kappa shape index (κ2) is 12.2. The Bertz CT molecular complexity index is 873. The van der Waals surface area contributed by atoms with Crippen molar-refractivity contribution in [2.75, 3.05) is 39.9 Å². The van der Waals surface area contributed by atoms with Gasteiger partial charge in [-0.25, -0.2) is 4.98 Å². The van der Waals surface area contributed by atoms with Crippen molar-refractivity contribution in [3.05, 3.63) is 53.7 Å². The normalized spacial score (nSPS) is 15.6. The number of aromatic nitrogens is 1. The molecule has 9 heteroatoms. The summed E-state index contributed by atoms with van der Waals surface area (Å²) in [5.41, 5.74) is 0.887. The summed E-state index contributed by atoms with van der Waals surface area (Å²) in [4.78, 5) is 23.7. The molecule has 0 aliphatic carbocycles. The largest absolute Gasteiger partial charge is 0.443 e. The van der Waals surface area contributed by atoms with Crippen LogP contribution >= 0.6 is 24.0 Å². The zero-order valence-corrected chi connectivity index (χ0v) is 21.6. The van der Waals surface area contributed by atoms with Crippen molar-refractivity contribution in [2.24, 2.45) is 4.99 Å². The van der Waals surface area contributed by atoms with E-state index in [9.17, 15) is 4.79 Å². The lowest BCUT2D eigenvalue weighted by Gasteiger charge is -2.31. The Hall–Kier alpha value is -2.14. The smallest absolute Gasteiger partial charge is 0.232 e. The van der Waals surface area contributed by atoms with Gasteiger partial charge in [-0.15, -0.1) is 24.0 Å². The van der Waals surface area contributed by atoms with E-state index in [1.54, 1.807) is 13.2 Å². The molecule has 32 heavy (non-hydrogen) atoms. The number of carbonyl (C=O) groups is 1. The number of rotatable bonds is 6. The molecule has 176 valence electrons. The fourth-order valence-corrected chi connectivity index (χ4v) is 3.35. The van der Waals surface area contributed by atoms with Crippen molar-refractivity contribution in [3.63, 3.8) is 0 Å². The van der Waals surface area contributed by atoms with Crippen molar-refractivity contribution >= 4 is 35.8 Å². The minimum absolute atomic E-state index is 0. The van der Waals surface area contributed by atoms with E-state index in [1.807, 2.05) is 35.2 Å². The number of hydrogen-bond acceptors (Lipinski definition) is 5. The summed E-state index contributed by atoms with van der Waals surface area (Å²) in [5, 5.41) is 6.50. The standard InChI is InChI=1S/C23H33N5O3.HI/c1-23(2,3)19-15-25-20(31-19)16-27-22(24-4)26-14-18(17-8-6-5-7-9-17)21(29)28-10-12-30-13-11-28;/h5-9,15,18H,10-14,16H2,1-4H3,(H2,24,26,27);1H. The maximum Gasteiger partial charge on any atom is 0.232 e. The Morgan fingerprint density at radius 2 is 1.88 bits per heavy atom. The number of nitrogens with zero attached hydrogens (tertiary/aromatic N) is 3. The molecule has 1 aliphatic rings. The lowest BCUT2D eigenvalue weighted by Crippen LogP contribution is -2.47. The van der Waals surface area contributed by atoms with Crippen LogP contribution in [-0.4, -0.2) is 61.6 Å². The third kappa shape index (κ3) is 7.19. The monoisotopic (exact) mass is 555 g/mol. The zero-order chi connectivity index (χ0) is 22.3. The molecule has 1 atom stereocenters. The minimum atomic E-state index is -0.313. The molecule has 0 spiro atoms. The summed E-state index contributed by atoms with van der Waals surface area (Å²) in [6.07, 6.45) is 1.76. The quantitative estimate of drug-likeness (QED) is 0.324. The van der Waals surface area contributed by atoms with Crippen molar-refractivity contribution < 1.29 is 13.9 Å². The number of aliphatic imine (C=N–C) groups is 1. The summed E-state index contributed by atoms with van der Waals surface area (Å²) >= 11 is 0. The second-order valence-corrected chi connectivity index (χ2v) is 8.58. The van der Waals surface area contributed by atoms with Gasteiger partial charge in [0, 0.05) is 32.1 Å². The molecular formula is C23H34IN5O3. The number of oxazole rings is 1. The number of halogens is 1. The molecule has 2 aromatic rings. The van der Waals surface area contributed by atoms with Gasteiger partial charge in [0.25, 0.3) is 0 Å². The number of amides is 1. The summed E-state index contributed by atoms with van der Waals surface area (Å²) < 4.78 is 11.2. The molecule has 1 aliphatic heterocycles. The van der Waals surface area contributed by atoms with Crippen LogP contribution < -0.4 is 10.6 Å². The third-order valence-electron chi connectivity index (χ3n) is 5.22. The molecule has 2 heterocycles. The molecule has 1 saturated heterocycles. The first kappa shape index (κ1) is 26.1. The third-order valence-corrected chi connectivity index (χ3v) is 5.22. The van der Waals surface area contributed by atoms with Gasteiger partial charge in [-0.1, -0.05) is 51.1 Å². The van der Waals surface area contributed by atoms with Gasteiger partial charge in [-0.2, -0.15) is 0 Å². The average Bonchev–Trinajstić information content (AvgIpc) is 3.27. The van der Waals surface area contributed by atoms with Crippen LogP contribution in [0, 0.1) is 0 Å². The number of guanidine groups is 1. The zero-order valence-electron chi connectivity index (χ0n) is 19.3. The van der Waals surface area contributed by atoms with Crippen molar-refractivity contribution in [1.82, 2.24) is 20.5 Å². The van der Waals surface area contributed by atoms with Gasteiger partial charge >= 0.3 is 0 Å². The minimum Gasteiger partial charge on any atom is -0.443 e. The maximum atomic E-state index is 13.2. The number of benzene rings is 1. The molecule has 8 nitrogen and oxygen atoms in total. The Balaban J connectivity index is 0.00000363. The number of nitrogens with one attached hydrogen (secondary N) is 2. The molecule has 1 aromatic heterocycles. The highest BCUT2D eigenvalue weighted by molar-refractivity contribution is 14.0. The topological polar surface area (TPSA) is 92.0 Å². The van der Waals surface area contributed by atoms with Gasteiger partial charge in [-0.3, -0.25) is 9.79 Å². The SMILES string of the molecule is CN=C(NCc1ncc(C(C)(C)C)o1)NCC(C(=O)N1CCOCC1)c1ccccc1.I. The predicted octanol–water partition coefficient (Wildman–Crippen LogP) is 2.90. The molecule has 1 amide bonds. The lowest BCUT2D eigenvalue weighted by molar-refractivity contribution is -0.136. The van der Waals surface area contributed by atoms with Gasteiger partial charge in [0.05, 0.1) is 31.9 Å². The molecule has 0 radical (unpaired) electrons. The summed E-state index contributed by atoms with van der Waals surface area (Å²) in [5.74, 6) is 1.81. The molecule has 1 aromatic carbocycles. The van der Waals surface area contributed by atoms with Crippen LogP contribution in [0.3, 0.4) is 0 Å². The summed E-state index contributed by atoms with van der Waals surface area (Å²) in [6, 6.07) is 9.84. The maximum absolute atomic E-state index is 13.2. The molecule has 2 N–H and O–H groups in total. The van der Waals surface area contributed by atoms with Crippen LogP contribution in [0.2, 0.25) is 0 Å². The van der Waals surface area contributed by atoms with Gasteiger partial charge in [0.1, 0.15) is 5.76 Å². The number of carbonyl (C=O) groups excluding carboxylic acids is 1. The summed E-state index contributed by atoms with van der Waals surface area (Å²) in [6.45, 7) is 9.49. The van der Waals surface area contributed by atoms with Crippen LogP contribution in [0.1, 0.15) is 43.9 Å². The van der Waals surface area contributed by atoms with Crippen LogP contribution in [0.5, 0.6) is 0 Å². The van der Waals surface area contributed by atoms with Gasteiger partial charge in [-0.05, 0) is 5.56 Å². The first-order valence-corrected chi connectivity index (χ1v) is 10.7. The molecule has 0 bridgehead atoms. The van der Waals surface area contributed by atoms with Crippen molar-refractivity contribution in [2.45, 2.75) is 38.6 Å². The number of hydrogen-bond donors (Lipinski definition) is 2. The average molecular weight is 555 g/mol. The Morgan fingerprint density at radius 1 is 1.19 bits per heavy atom. The van der Waals surface area contributed by atoms with E-state index >= 15 is 0 Å². The van der Waals surface area contributed by atoms with Gasteiger partial charge in [0.2, 0.25) is 11.8 Å². The van der Waals surface area contributed by atoms with Crippen LogP contribution in [0.4, 0.5) is 0 Å². The Kier molecular flexibility index (Phi) is 9.95. The molecule has 3 rings (SSSR count). The van der Waals surface area contributed by atoms with E-state index < -0.39 is 0 Å². The van der Waals surface area contributed by atoms with E-state index in [0.717, 1.165) is 11.3 Å². The first-order chi connectivity index (χ1) is 14.9. The highest BCUT2D eigenvalue weighted by atomic mass is 127. The van der Waals surface area contributed by atoms with Crippen LogP contribution in [0.25, 0.3) is 0 Å². The highest BCUT2D eigenvalue weighted by Crippen LogP contribution is 2.22. The van der Waals surface area contributed by atoms with E-state index in [4.69, 9.17) is 9.15 Å². The lowest BCUT2D eigenvalue weighted by atomic mass is 9.94. The summed E-state index contributed by atoms with van der Waals surface area (Å²) in [7, 11) is 1.70. The molecule has 1 fully saturated rings. The predicted molar refractivity (Wildman–Crippen MR) is 135 cm³/mol. The van der Waals surface area contributed by atoms with Crippen molar-refractivity contribution in [3.8, 4) is 0 Å². The first-order valence-electron chi connectivity index (χ1n) is 10.7. The fraction of sp³-hybridized carbons (Fsp3) is 0.522. The fourth-order valence-electron chi connectivity index (χ4n) is 3.35. The Morgan fingerprint density at radius 3 is 2.47 bits per heavy atom. The van der Waals surface area contributed by atoms with E-state index in [-0.39, 0.29) is 41.2 Å². The van der Waals surface area contributed by atoms with Crippen molar-refractivity contribution in [1.29, 1.82) is 0 Å². The van der Waals surface area contributed by atoms with E-state index in [1.165, 1.54) is 0 Å². The number of morpholine rings is 1. The second-order valence-electron chi connectivity index (χ2n) is 8.58. The highest BCUT2D eigenvalue weighted by Gasteiger charge is 2.27. The number of ether oxygens (including phenoxy) is 1. The molecular weight excluding hydrogens is 521 g/mol. The van der Waals surface area contributed by atoms with Crippen LogP contribution in [0.15, 0.2) is 45.9 Å². The molecule has 1 unspecified atom stereocenters. The van der Waals surface area contributed by atoms with E-state index in [2.05, 4.69) is 41.4 Å². The van der Waals surface area contributed by atoms with Crippen LogP contribution in [-0.2, 0) is 21.5 Å². The van der Waals surface area contributed by atoms with Gasteiger partial charge in [0.15, 0.2) is 5.96 Å².